The summed E-state index contributed by atoms with van der Waals surface area (Å²) < 4.78 is 12.7. The third kappa shape index (κ3) is 1.68. The quantitative estimate of drug-likeness (QED) is 0.613. The van der Waals surface area contributed by atoms with Crippen LogP contribution in [0, 0.1) is 5.41 Å². The Morgan fingerprint density at radius 3 is 2.83 bits per heavy atom. The van der Waals surface area contributed by atoms with Crippen molar-refractivity contribution in [2.75, 3.05) is 6.61 Å². The first-order valence-corrected chi connectivity index (χ1v) is 3.60. The summed E-state index contributed by atoms with van der Waals surface area (Å²) in [4.78, 5) is 0. The van der Waals surface area contributed by atoms with Crippen molar-refractivity contribution in [3.63, 3.8) is 0 Å². The molecular formula is C9H10FNO. The molecule has 0 bridgehead atoms. The molecule has 12 heavy (non-hydrogen) atoms. The van der Waals surface area contributed by atoms with Crippen molar-refractivity contribution in [1.29, 1.82) is 5.41 Å². The largest absolute Gasteiger partial charge is 0.392 e. The minimum Gasteiger partial charge on any atom is -0.392 e. The summed E-state index contributed by atoms with van der Waals surface area (Å²) in [5.41, 5.74) is 1.32. The monoisotopic (exact) mass is 167 g/mol. The van der Waals surface area contributed by atoms with Crippen molar-refractivity contribution in [1.82, 2.24) is 0 Å². The molecule has 0 heterocycles. The number of halogens is 1. The average Bonchev–Trinajstić information content (AvgIpc) is 2.08. The van der Waals surface area contributed by atoms with E-state index in [0.717, 1.165) is 0 Å². The van der Waals surface area contributed by atoms with Crippen molar-refractivity contribution < 1.29 is 9.50 Å². The Bertz CT molecular complexity index is 300. The van der Waals surface area contributed by atoms with E-state index in [-0.39, 0.29) is 18.1 Å². The molecule has 2 nitrogen and oxygen atoms in total. The van der Waals surface area contributed by atoms with Gasteiger partial charge in [0.15, 0.2) is 0 Å². The van der Waals surface area contributed by atoms with Crippen LogP contribution in [0.2, 0.25) is 0 Å². The molecule has 0 atom stereocenters. The average molecular weight is 167 g/mol. The highest BCUT2D eigenvalue weighted by Gasteiger charge is 2.08. The van der Waals surface area contributed by atoms with Crippen LogP contribution in [-0.4, -0.2) is 17.4 Å². The molecule has 0 fully saturated rings. The fourth-order valence-corrected chi connectivity index (χ4v) is 0.955. The van der Waals surface area contributed by atoms with Crippen LogP contribution < -0.4 is 0 Å². The fourth-order valence-electron chi connectivity index (χ4n) is 0.955. The molecule has 3 heteroatoms. The van der Waals surface area contributed by atoms with Gasteiger partial charge in [-0.3, -0.25) is 0 Å². The molecule has 2 N–H and O–H groups in total. The molecular weight excluding hydrogens is 157 g/mol. The van der Waals surface area contributed by atoms with E-state index in [1.807, 2.05) is 0 Å². The van der Waals surface area contributed by atoms with Crippen LogP contribution in [0.5, 0.6) is 0 Å². The number of hydrogen-bond donors (Lipinski definition) is 2. The first-order valence-electron chi connectivity index (χ1n) is 3.60. The Morgan fingerprint density at radius 2 is 2.25 bits per heavy atom. The van der Waals surface area contributed by atoms with E-state index in [2.05, 4.69) is 0 Å². The molecule has 0 radical (unpaired) electrons. The molecule has 0 aromatic heterocycles. The summed E-state index contributed by atoms with van der Waals surface area (Å²) in [6.45, 7) is 1.53. The van der Waals surface area contributed by atoms with E-state index in [0.29, 0.717) is 11.1 Å². The topological polar surface area (TPSA) is 44.1 Å². The van der Waals surface area contributed by atoms with Crippen molar-refractivity contribution in [3.05, 3.63) is 35.2 Å². The number of nitrogens with one attached hydrogen (secondary N) is 1. The Morgan fingerprint density at radius 1 is 1.58 bits per heavy atom. The van der Waals surface area contributed by atoms with Crippen molar-refractivity contribution in [2.45, 2.75) is 6.92 Å². The molecule has 1 rings (SSSR count). The van der Waals surface area contributed by atoms with Crippen molar-refractivity contribution in [3.8, 4) is 0 Å². The van der Waals surface area contributed by atoms with Crippen LogP contribution in [0.3, 0.4) is 0 Å². The molecule has 0 saturated heterocycles. The van der Waals surface area contributed by atoms with Crippen molar-refractivity contribution in [2.24, 2.45) is 0 Å². The van der Waals surface area contributed by atoms with Crippen LogP contribution in [0.25, 0.3) is 0 Å². The van der Waals surface area contributed by atoms with E-state index >= 15 is 0 Å². The van der Waals surface area contributed by atoms with Gasteiger partial charge in [0.05, 0.1) is 12.3 Å². The van der Waals surface area contributed by atoms with Crippen molar-refractivity contribution >= 4 is 5.71 Å². The Balaban J connectivity index is 3.07. The van der Waals surface area contributed by atoms with Gasteiger partial charge in [0.2, 0.25) is 0 Å². The minimum atomic E-state index is -0.381. The molecule has 1 aliphatic rings. The highest BCUT2D eigenvalue weighted by molar-refractivity contribution is 6.10. The first kappa shape index (κ1) is 8.87. The maximum atomic E-state index is 12.7. The summed E-state index contributed by atoms with van der Waals surface area (Å²) in [7, 11) is 0. The van der Waals surface area contributed by atoms with Gasteiger partial charge in [-0.05, 0) is 30.7 Å². The second-order valence-corrected chi connectivity index (χ2v) is 2.63. The Hall–Kier alpha value is -1.22. The normalized spacial score (nSPS) is 20.9. The van der Waals surface area contributed by atoms with Gasteiger partial charge >= 0.3 is 0 Å². The van der Waals surface area contributed by atoms with Gasteiger partial charge in [-0.25, -0.2) is 4.39 Å². The third-order valence-corrected chi connectivity index (χ3v) is 1.68. The van der Waals surface area contributed by atoms with Gasteiger partial charge < -0.3 is 10.5 Å². The summed E-state index contributed by atoms with van der Waals surface area (Å²) in [5, 5.41) is 16.2. The van der Waals surface area contributed by atoms with Crippen LogP contribution in [-0.2, 0) is 0 Å². The first-order chi connectivity index (χ1) is 5.65. The molecule has 1 aliphatic carbocycles. The van der Waals surface area contributed by atoms with Gasteiger partial charge in [0.25, 0.3) is 0 Å². The highest BCUT2D eigenvalue weighted by Crippen LogP contribution is 2.17. The molecule has 0 aromatic rings. The van der Waals surface area contributed by atoms with Gasteiger partial charge in [0.1, 0.15) is 5.83 Å². The van der Waals surface area contributed by atoms with E-state index in [4.69, 9.17) is 10.5 Å². The zero-order valence-electron chi connectivity index (χ0n) is 6.76. The third-order valence-electron chi connectivity index (χ3n) is 1.68. The van der Waals surface area contributed by atoms with Crippen LogP contribution >= 0.6 is 0 Å². The minimum absolute atomic E-state index is 0.144. The number of aliphatic hydroxyl groups is 1. The predicted octanol–water partition coefficient (Wildman–Crippen LogP) is 1.74. The van der Waals surface area contributed by atoms with Gasteiger partial charge in [0, 0.05) is 5.57 Å². The zero-order valence-corrected chi connectivity index (χ0v) is 6.76. The molecule has 0 unspecified atom stereocenters. The van der Waals surface area contributed by atoms with Gasteiger partial charge in [-0.1, -0.05) is 0 Å². The number of allylic oxidation sites excluding steroid dienone is 5. The summed E-state index contributed by atoms with van der Waals surface area (Å²) >= 11 is 0. The summed E-state index contributed by atoms with van der Waals surface area (Å²) in [5.74, 6) is -0.381. The molecule has 0 saturated carbocycles. The van der Waals surface area contributed by atoms with E-state index < -0.39 is 0 Å². The standard InChI is InChI=1S/C9H10FNO/c1-6(5-12)8-4-7(10)2-3-9(8)11/h2-4,11-12H,5H2,1H3/b8-6+,11-9?. The maximum absolute atomic E-state index is 12.7. The second-order valence-electron chi connectivity index (χ2n) is 2.63. The molecule has 0 amide bonds. The fraction of sp³-hybridized carbons (Fsp3) is 0.222. The summed E-state index contributed by atoms with van der Waals surface area (Å²) in [6, 6.07) is 0. The van der Waals surface area contributed by atoms with Crippen LogP contribution in [0.15, 0.2) is 35.2 Å². The lowest BCUT2D eigenvalue weighted by Gasteiger charge is -2.08. The summed E-state index contributed by atoms with van der Waals surface area (Å²) in [6.07, 6.45) is 3.87. The Kier molecular flexibility index (Phi) is 2.55. The lowest BCUT2D eigenvalue weighted by molar-refractivity contribution is 0.331. The molecule has 0 spiro atoms. The highest BCUT2D eigenvalue weighted by atomic mass is 19.1. The smallest absolute Gasteiger partial charge is 0.123 e. The van der Waals surface area contributed by atoms with E-state index in [1.54, 1.807) is 6.92 Å². The Labute approximate surface area is 70.2 Å². The van der Waals surface area contributed by atoms with Gasteiger partial charge in [-0.15, -0.1) is 0 Å². The number of aliphatic hydroxyl groups excluding tert-OH is 1. The van der Waals surface area contributed by atoms with Gasteiger partial charge in [-0.2, -0.15) is 0 Å². The van der Waals surface area contributed by atoms with Crippen LogP contribution in [0.1, 0.15) is 6.92 Å². The lowest BCUT2D eigenvalue weighted by Crippen LogP contribution is -2.04. The number of rotatable bonds is 1. The predicted molar refractivity (Wildman–Crippen MR) is 45.8 cm³/mol. The molecule has 0 aliphatic heterocycles. The SMILES string of the molecule is C/C(CO)=C1/C=C(F)C=CC1=N. The molecule has 64 valence electrons. The van der Waals surface area contributed by atoms with E-state index in [9.17, 15) is 4.39 Å². The van der Waals surface area contributed by atoms with E-state index in [1.165, 1.54) is 18.2 Å². The lowest BCUT2D eigenvalue weighted by atomic mass is 10.0. The van der Waals surface area contributed by atoms with Crippen LogP contribution in [0.4, 0.5) is 4.39 Å². The zero-order chi connectivity index (χ0) is 9.14. The number of hydrogen-bond acceptors (Lipinski definition) is 2. The maximum Gasteiger partial charge on any atom is 0.123 e. The second kappa shape index (κ2) is 3.45. The molecule has 0 aromatic carbocycles.